The molecule has 0 aromatic carbocycles. The monoisotopic (exact) mass is 284 g/mol. The van der Waals surface area contributed by atoms with Crippen molar-refractivity contribution in [1.29, 1.82) is 0 Å². The molecule has 0 fully saturated rings. The van der Waals surface area contributed by atoms with Gasteiger partial charge in [-0.05, 0) is 40.5 Å². The van der Waals surface area contributed by atoms with Gasteiger partial charge in [0.2, 0.25) is 0 Å². The average Bonchev–Trinajstić information content (AvgIpc) is 2.24. The molecule has 0 unspecified atom stereocenters. The van der Waals surface area contributed by atoms with Crippen LogP contribution in [-0.2, 0) is 6.54 Å². The zero-order chi connectivity index (χ0) is 12.0. The summed E-state index contributed by atoms with van der Waals surface area (Å²) in [6, 6.07) is 3.30. The van der Waals surface area contributed by atoms with Crippen molar-refractivity contribution in [2.45, 2.75) is 19.9 Å². The quantitative estimate of drug-likeness (QED) is 0.642. The van der Waals surface area contributed by atoms with Crippen molar-refractivity contribution in [3.63, 3.8) is 0 Å². The molecule has 0 saturated heterocycles. The van der Waals surface area contributed by atoms with Gasteiger partial charge >= 0.3 is 0 Å². The van der Waals surface area contributed by atoms with E-state index in [1.54, 1.807) is 22.9 Å². The van der Waals surface area contributed by atoms with Crippen LogP contribution < -0.4 is 10.9 Å². The highest BCUT2D eigenvalue weighted by molar-refractivity contribution is 9.10. The molecule has 0 amide bonds. The molecule has 0 atom stereocenters. The lowest BCUT2D eigenvalue weighted by Crippen LogP contribution is -2.24. The van der Waals surface area contributed by atoms with Gasteiger partial charge in [-0.2, -0.15) is 0 Å². The van der Waals surface area contributed by atoms with Crippen LogP contribution in [0.5, 0.6) is 0 Å². The Morgan fingerprint density at radius 1 is 1.56 bits per heavy atom. The Kier molecular flexibility index (Phi) is 5.49. The minimum Gasteiger partial charge on any atom is -0.313 e. The molecule has 4 heteroatoms. The van der Waals surface area contributed by atoms with Gasteiger partial charge in [-0.1, -0.05) is 13.5 Å². The number of nitrogens with one attached hydrogen (secondary N) is 1. The molecule has 1 N–H and O–H groups in total. The SMILES string of the molecule is C=C(CNCCC)Cn1cc(Br)ccc1=O. The van der Waals surface area contributed by atoms with Crippen LogP contribution in [-0.4, -0.2) is 17.7 Å². The zero-order valence-corrected chi connectivity index (χ0v) is 11.1. The number of nitrogens with zero attached hydrogens (tertiary/aromatic N) is 1. The van der Waals surface area contributed by atoms with Gasteiger partial charge < -0.3 is 9.88 Å². The first kappa shape index (κ1) is 13.2. The normalized spacial score (nSPS) is 10.4. The highest BCUT2D eigenvalue weighted by Gasteiger charge is 1.99. The largest absolute Gasteiger partial charge is 0.313 e. The number of hydrogen-bond acceptors (Lipinski definition) is 2. The summed E-state index contributed by atoms with van der Waals surface area (Å²) in [5.41, 5.74) is 1.01. The molecule has 0 aliphatic carbocycles. The Labute approximate surface area is 104 Å². The molecule has 1 rings (SSSR count). The smallest absolute Gasteiger partial charge is 0.250 e. The van der Waals surface area contributed by atoms with Crippen molar-refractivity contribution in [1.82, 2.24) is 9.88 Å². The molecule has 1 aromatic heterocycles. The Morgan fingerprint density at radius 3 is 3.00 bits per heavy atom. The van der Waals surface area contributed by atoms with E-state index in [0.717, 1.165) is 29.6 Å². The summed E-state index contributed by atoms with van der Waals surface area (Å²) in [6.07, 6.45) is 2.89. The second kappa shape index (κ2) is 6.66. The van der Waals surface area contributed by atoms with Gasteiger partial charge in [0, 0.05) is 29.8 Å². The maximum atomic E-state index is 11.5. The first-order valence-electron chi connectivity index (χ1n) is 5.37. The third-order valence-electron chi connectivity index (χ3n) is 2.14. The molecule has 0 spiro atoms. The molecule has 16 heavy (non-hydrogen) atoms. The Morgan fingerprint density at radius 2 is 2.31 bits per heavy atom. The number of rotatable bonds is 6. The van der Waals surface area contributed by atoms with E-state index >= 15 is 0 Å². The van der Waals surface area contributed by atoms with E-state index in [1.807, 2.05) is 0 Å². The summed E-state index contributed by atoms with van der Waals surface area (Å²) in [7, 11) is 0. The highest BCUT2D eigenvalue weighted by atomic mass is 79.9. The van der Waals surface area contributed by atoms with Gasteiger partial charge in [-0.25, -0.2) is 0 Å². The minimum absolute atomic E-state index is 0.000147. The molecule has 1 heterocycles. The fourth-order valence-electron chi connectivity index (χ4n) is 1.36. The topological polar surface area (TPSA) is 34.0 Å². The highest BCUT2D eigenvalue weighted by Crippen LogP contribution is 2.05. The van der Waals surface area contributed by atoms with Crippen LogP contribution in [0.1, 0.15) is 13.3 Å². The van der Waals surface area contributed by atoms with Crippen molar-refractivity contribution in [3.05, 3.63) is 45.3 Å². The second-order valence-electron chi connectivity index (χ2n) is 3.74. The van der Waals surface area contributed by atoms with Gasteiger partial charge in [-0.3, -0.25) is 4.79 Å². The third-order valence-corrected chi connectivity index (χ3v) is 2.61. The molecule has 88 valence electrons. The van der Waals surface area contributed by atoms with Crippen LogP contribution in [0.2, 0.25) is 0 Å². The van der Waals surface area contributed by atoms with E-state index < -0.39 is 0 Å². The van der Waals surface area contributed by atoms with Gasteiger partial charge in [0.1, 0.15) is 0 Å². The lowest BCUT2D eigenvalue weighted by Gasteiger charge is -2.09. The van der Waals surface area contributed by atoms with Crippen molar-refractivity contribution < 1.29 is 0 Å². The summed E-state index contributed by atoms with van der Waals surface area (Å²) in [6.45, 7) is 8.37. The van der Waals surface area contributed by atoms with Crippen LogP contribution in [0.4, 0.5) is 0 Å². The third kappa shape index (κ3) is 4.33. The van der Waals surface area contributed by atoms with Crippen molar-refractivity contribution >= 4 is 15.9 Å². The standard InChI is InChI=1S/C12H17BrN2O/c1-3-6-14-7-10(2)8-15-9-11(13)4-5-12(15)16/h4-5,9,14H,2-3,6-8H2,1H3. The Bertz CT molecular complexity index is 412. The fraction of sp³-hybridized carbons (Fsp3) is 0.417. The first-order chi connectivity index (χ1) is 7.63. The second-order valence-corrected chi connectivity index (χ2v) is 4.66. The average molecular weight is 285 g/mol. The van der Waals surface area contributed by atoms with E-state index in [2.05, 4.69) is 34.7 Å². The summed E-state index contributed by atoms with van der Waals surface area (Å²) in [4.78, 5) is 11.5. The van der Waals surface area contributed by atoms with E-state index in [9.17, 15) is 4.79 Å². The predicted octanol–water partition coefficient (Wildman–Crippen LogP) is 2.17. The van der Waals surface area contributed by atoms with Crippen LogP contribution in [0.3, 0.4) is 0 Å². The van der Waals surface area contributed by atoms with Crippen LogP contribution in [0.15, 0.2) is 39.7 Å². The summed E-state index contributed by atoms with van der Waals surface area (Å²) < 4.78 is 2.56. The first-order valence-corrected chi connectivity index (χ1v) is 6.16. The summed E-state index contributed by atoms with van der Waals surface area (Å²) >= 11 is 3.35. The van der Waals surface area contributed by atoms with E-state index in [4.69, 9.17) is 0 Å². The number of halogens is 1. The molecule has 3 nitrogen and oxygen atoms in total. The van der Waals surface area contributed by atoms with E-state index in [1.165, 1.54) is 0 Å². The Balaban J connectivity index is 2.56. The Hall–Kier alpha value is -0.870. The predicted molar refractivity (Wildman–Crippen MR) is 70.7 cm³/mol. The molecule has 0 aliphatic rings. The van der Waals surface area contributed by atoms with Gasteiger partial charge in [0.25, 0.3) is 5.56 Å². The minimum atomic E-state index is -0.000147. The van der Waals surface area contributed by atoms with Crippen LogP contribution in [0, 0.1) is 0 Å². The van der Waals surface area contributed by atoms with Crippen molar-refractivity contribution in [2.75, 3.05) is 13.1 Å². The number of pyridine rings is 1. The van der Waals surface area contributed by atoms with Crippen molar-refractivity contribution in [2.24, 2.45) is 0 Å². The lowest BCUT2D eigenvalue weighted by atomic mass is 10.3. The van der Waals surface area contributed by atoms with Gasteiger partial charge in [0.05, 0.1) is 0 Å². The molecular formula is C12H17BrN2O. The van der Waals surface area contributed by atoms with Gasteiger partial charge in [-0.15, -0.1) is 0 Å². The molecule has 0 bridgehead atoms. The fourth-order valence-corrected chi connectivity index (χ4v) is 1.74. The molecular weight excluding hydrogens is 268 g/mol. The van der Waals surface area contributed by atoms with Gasteiger partial charge in [0.15, 0.2) is 0 Å². The zero-order valence-electron chi connectivity index (χ0n) is 9.50. The molecule has 1 aromatic rings. The maximum absolute atomic E-state index is 11.5. The van der Waals surface area contributed by atoms with Crippen LogP contribution in [0.25, 0.3) is 0 Å². The van der Waals surface area contributed by atoms with E-state index in [-0.39, 0.29) is 5.56 Å². The number of hydrogen-bond donors (Lipinski definition) is 1. The summed E-state index contributed by atoms with van der Waals surface area (Å²) in [5.74, 6) is 0. The molecule has 0 radical (unpaired) electrons. The maximum Gasteiger partial charge on any atom is 0.250 e. The van der Waals surface area contributed by atoms with Crippen molar-refractivity contribution in [3.8, 4) is 0 Å². The molecule has 0 saturated carbocycles. The number of aromatic nitrogens is 1. The molecule has 0 aliphatic heterocycles. The summed E-state index contributed by atoms with van der Waals surface area (Å²) in [5, 5.41) is 3.26. The van der Waals surface area contributed by atoms with E-state index in [0.29, 0.717) is 6.54 Å². The lowest BCUT2D eigenvalue weighted by molar-refractivity contribution is 0.663. The van der Waals surface area contributed by atoms with Crippen LogP contribution >= 0.6 is 15.9 Å².